The van der Waals surface area contributed by atoms with Gasteiger partial charge in [-0.2, -0.15) is 0 Å². The molecule has 0 aliphatic heterocycles. The van der Waals surface area contributed by atoms with Crippen LogP contribution in [0.25, 0.3) is 83.2 Å². The van der Waals surface area contributed by atoms with Gasteiger partial charge in [-0.25, -0.2) is 15.0 Å². The Balaban J connectivity index is 1.16. The van der Waals surface area contributed by atoms with Crippen molar-refractivity contribution in [2.45, 2.75) is 6.92 Å². The lowest BCUT2D eigenvalue weighted by molar-refractivity contribution is 1.07. The van der Waals surface area contributed by atoms with Gasteiger partial charge in [0.2, 0.25) is 0 Å². The van der Waals surface area contributed by atoms with Crippen LogP contribution in [0.2, 0.25) is 0 Å². The first-order chi connectivity index (χ1) is 22.7. The smallest absolute Gasteiger partial charge is 0.138 e. The Labute approximate surface area is 265 Å². The van der Waals surface area contributed by atoms with Crippen molar-refractivity contribution in [2.24, 2.45) is 0 Å². The Morgan fingerprint density at radius 2 is 0.913 bits per heavy atom. The van der Waals surface area contributed by atoms with Crippen molar-refractivity contribution < 1.29 is 0 Å². The van der Waals surface area contributed by atoms with Crippen LogP contribution in [-0.4, -0.2) is 24.5 Å². The number of pyridine rings is 4. The summed E-state index contributed by atoms with van der Waals surface area (Å²) in [5, 5.41) is 7.14. The minimum atomic E-state index is 0.792. The summed E-state index contributed by atoms with van der Waals surface area (Å²) in [7, 11) is 0. The van der Waals surface area contributed by atoms with Gasteiger partial charge in [-0.15, -0.1) is 0 Å². The van der Waals surface area contributed by atoms with E-state index in [-0.39, 0.29) is 0 Å². The van der Waals surface area contributed by atoms with Crippen LogP contribution in [0.15, 0.2) is 146 Å². The molecule has 46 heavy (non-hydrogen) atoms. The molecule has 0 aliphatic rings. The molecule has 0 atom stereocenters. The van der Waals surface area contributed by atoms with Crippen LogP contribution in [0.5, 0.6) is 0 Å². The SMILES string of the molecule is Cc1c2ccccc2c(-c2cccc(-c3cccc(-c4cccc(-n5c6ccccc6c6cnccc65)n4)n3)n2)c2ccccc12. The molecule has 9 rings (SSSR count). The molecule has 0 spiro atoms. The zero-order chi connectivity index (χ0) is 30.6. The molecule has 9 aromatic rings. The summed E-state index contributed by atoms with van der Waals surface area (Å²) < 4.78 is 2.20. The van der Waals surface area contributed by atoms with E-state index in [2.05, 4.69) is 101 Å². The first-order valence-electron chi connectivity index (χ1n) is 15.4. The zero-order valence-corrected chi connectivity index (χ0v) is 25.1. The lowest BCUT2D eigenvalue weighted by Gasteiger charge is -2.15. The highest BCUT2D eigenvalue weighted by atomic mass is 15.1. The first kappa shape index (κ1) is 26.2. The molecule has 0 amide bonds. The van der Waals surface area contributed by atoms with E-state index >= 15 is 0 Å². The number of hydrogen-bond donors (Lipinski definition) is 0. The third kappa shape index (κ3) is 4.10. The molecule has 5 heteroatoms. The van der Waals surface area contributed by atoms with Crippen LogP contribution in [0.3, 0.4) is 0 Å². The van der Waals surface area contributed by atoms with Gasteiger partial charge in [0.05, 0.1) is 39.5 Å². The fourth-order valence-corrected chi connectivity index (χ4v) is 6.81. The van der Waals surface area contributed by atoms with Gasteiger partial charge in [-0.1, -0.05) is 84.9 Å². The van der Waals surface area contributed by atoms with Crippen molar-refractivity contribution in [3.05, 3.63) is 151 Å². The molecule has 4 aromatic carbocycles. The number of fused-ring (bicyclic) bond motifs is 5. The number of hydrogen-bond acceptors (Lipinski definition) is 4. The number of aryl methyl sites for hydroxylation is 1. The van der Waals surface area contributed by atoms with Crippen LogP contribution in [0, 0.1) is 6.92 Å². The summed E-state index contributed by atoms with van der Waals surface area (Å²) in [6.45, 7) is 2.20. The number of nitrogens with zero attached hydrogens (tertiary/aromatic N) is 5. The standard InChI is InChI=1S/C41H27N5/c1-26-27-11-2-4-14-30(27)41(31-15-5-3-12-28(26)31)37-20-9-18-34(44-37)33-16-8-17-35(43-33)36-19-10-22-40(45-36)46-38-21-7-6-13-29(38)32-25-42-24-23-39(32)46/h2-25H,1H3. The number of benzene rings is 4. The van der Waals surface area contributed by atoms with E-state index in [1.54, 1.807) is 0 Å². The van der Waals surface area contributed by atoms with E-state index in [9.17, 15) is 0 Å². The number of rotatable bonds is 4. The predicted octanol–water partition coefficient (Wildman–Crippen LogP) is 9.98. The Morgan fingerprint density at radius 3 is 1.59 bits per heavy atom. The second kappa shape index (κ2) is 10.5. The average Bonchev–Trinajstić information content (AvgIpc) is 3.47. The Hall–Kier alpha value is -6.20. The quantitative estimate of drug-likeness (QED) is 0.192. The highest BCUT2D eigenvalue weighted by Crippen LogP contribution is 2.39. The highest BCUT2D eigenvalue weighted by Gasteiger charge is 2.16. The number of aromatic nitrogens is 5. The monoisotopic (exact) mass is 589 g/mol. The fraction of sp³-hybridized carbons (Fsp3) is 0.0244. The van der Waals surface area contributed by atoms with Crippen LogP contribution >= 0.6 is 0 Å². The Kier molecular flexibility index (Phi) is 5.96. The molecule has 0 unspecified atom stereocenters. The molecule has 5 heterocycles. The maximum absolute atomic E-state index is 5.21. The van der Waals surface area contributed by atoms with Crippen molar-refractivity contribution >= 4 is 43.4 Å². The van der Waals surface area contributed by atoms with E-state index < -0.39 is 0 Å². The van der Waals surface area contributed by atoms with E-state index in [0.29, 0.717) is 0 Å². The van der Waals surface area contributed by atoms with E-state index in [1.807, 2.05) is 60.9 Å². The first-order valence-corrected chi connectivity index (χ1v) is 15.4. The summed E-state index contributed by atoms with van der Waals surface area (Å²) in [6, 6.07) is 46.0. The second-order valence-electron chi connectivity index (χ2n) is 11.5. The topological polar surface area (TPSA) is 56.5 Å². The van der Waals surface area contributed by atoms with Gasteiger partial charge in [0, 0.05) is 28.7 Å². The van der Waals surface area contributed by atoms with Gasteiger partial charge in [-0.3, -0.25) is 9.55 Å². The van der Waals surface area contributed by atoms with Gasteiger partial charge in [0.1, 0.15) is 5.82 Å². The molecule has 5 aromatic heterocycles. The van der Waals surface area contributed by atoms with Crippen molar-refractivity contribution in [1.29, 1.82) is 0 Å². The van der Waals surface area contributed by atoms with Crippen LogP contribution < -0.4 is 0 Å². The van der Waals surface area contributed by atoms with Crippen molar-refractivity contribution in [3.8, 4) is 39.9 Å². The molecular weight excluding hydrogens is 562 g/mol. The predicted molar refractivity (Wildman–Crippen MR) is 188 cm³/mol. The fourth-order valence-electron chi connectivity index (χ4n) is 6.81. The molecule has 0 saturated heterocycles. The van der Waals surface area contributed by atoms with Gasteiger partial charge in [-0.05, 0) is 82.6 Å². The maximum atomic E-state index is 5.21. The largest absolute Gasteiger partial charge is 0.294 e. The minimum Gasteiger partial charge on any atom is -0.294 e. The molecule has 0 N–H and O–H groups in total. The van der Waals surface area contributed by atoms with Crippen molar-refractivity contribution in [3.63, 3.8) is 0 Å². The van der Waals surface area contributed by atoms with Gasteiger partial charge >= 0.3 is 0 Å². The Bertz CT molecular complexity index is 2510. The highest BCUT2D eigenvalue weighted by molar-refractivity contribution is 6.14. The molecular formula is C41H27N5. The van der Waals surface area contributed by atoms with Crippen molar-refractivity contribution in [1.82, 2.24) is 24.5 Å². The summed E-state index contributed by atoms with van der Waals surface area (Å²) in [4.78, 5) is 19.8. The number of para-hydroxylation sites is 1. The summed E-state index contributed by atoms with van der Waals surface area (Å²) in [6.07, 6.45) is 3.75. The molecule has 0 bridgehead atoms. The summed E-state index contributed by atoms with van der Waals surface area (Å²) in [5.41, 5.74) is 8.73. The molecule has 216 valence electrons. The van der Waals surface area contributed by atoms with Gasteiger partial charge < -0.3 is 0 Å². The summed E-state index contributed by atoms with van der Waals surface area (Å²) >= 11 is 0. The van der Waals surface area contributed by atoms with Gasteiger partial charge in [0.25, 0.3) is 0 Å². The third-order valence-electron chi connectivity index (χ3n) is 8.92. The molecule has 0 aliphatic carbocycles. The minimum absolute atomic E-state index is 0.792. The average molecular weight is 590 g/mol. The molecule has 0 fully saturated rings. The lowest BCUT2D eigenvalue weighted by atomic mass is 9.90. The third-order valence-corrected chi connectivity index (χ3v) is 8.92. The molecule has 0 saturated carbocycles. The van der Waals surface area contributed by atoms with Crippen molar-refractivity contribution in [2.75, 3.05) is 0 Å². The van der Waals surface area contributed by atoms with Crippen LogP contribution in [-0.2, 0) is 0 Å². The van der Waals surface area contributed by atoms with E-state index in [0.717, 1.165) is 61.7 Å². The zero-order valence-electron chi connectivity index (χ0n) is 25.1. The second-order valence-corrected chi connectivity index (χ2v) is 11.5. The molecule has 0 radical (unpaired) electrons. The Morgan fingerprint density at radius 1 is 0.413 bits per heavy atom. The maximum Gasteiger partial charge on any atom is 0.138 e. The van der Waals surface area contributed by atoms with Crippen LogP contribution in [0.1, 0.15) is 5.56 Å². The summed E-state index contributed by atoms with van der Waals surface area (Å²) in [5.74, 6) is 0.834. The van der Waals surface area contributed by atoms with Crippen LogP contribution in [0.4, 0.5) is 0 Å². The van der Waals surface area contributed by atoms with E-state index in [4.69, 9.17) is 15.0 Å². The lowest BCUT2D eigenvalue weighted by Crippen LogP contribution is -1.99. The van der Waals surface area contributed by atoms with Gasteiger partial charge in [0.15, 0.2) is 0 Å². The normalized spacial score (nSPS) is 11.6. The molecule has 5 nitrogen and oxygen atoms in total. The van der Waals surface area contributed by atoms with E-state index in [1.165, 1.54) is 27.1 Å².